The molecule has 0 atom stereocenters. The van der Waals surface area contributed by atoms with Gasteiger partial charge in [-0.2, -0.15) is 4.98 Å². The molecule has 0 radical (unpaired) electrons. The Bertz CT molecular complexity index is 1100. The maximum Gasteiger partial charge on any atom is 0.298 e. The first-order chi connectivity index (χ1) is 14.7. The lowest BCUT2D eigenvalue weighted by atomic mass is 10.2. The normalized spacial score (nSPS) is 10.6. The molecule has 1 aromatic heterocycles. The third-order valence-corrected chi connectivity index (χ3v) is 5.05. The first-order valence-corrected chi connectivity index (χ1v) is 10.4. The molecule has 0 aliphatic rings. The van der Waals surface area contributed by atoms with Crippen molar-refractivity contribution in [1.82, 2.24) is 4.98 Å². The first-order valence-electron chi connectivity index (χ1n) is 9.98. The molecule has 4 aromatic rings. The predicted octanol–water partition coefficient (Wildman–Crippen LogP) is 5.84. The number of halogens is 2. The number of aromatic nitrogens is 1. The fourth-order valence-electron chi connectivity index (χ4n) is 3.26. The number of benzene rings is 3. The van der Waals surface area contributed by atoms with Gasteiger partial charge in [-0.05, 0) is 42.8 Å². The van der Waals surface area contributed by atoms with Gasteiger partial charge >= 0.3 is 0 Å². The minimum Gasteiger partial charge on any atom is -0.489 e. The van der Waals surface area contributed by atoms with Gasteiger partial charge in [0.1, 0.15) is 17.9 Å². The highest BCUT2D eigenvalue weighted by Gasteiger charge is 2.17. The molecule has 0 unspecified atom stereocenters. The summed E-state index contributed by atoms with van der Waals surface area (Å²) >= 11 is 6.10. The van der Waals surface area contributed by atoms with Crippen LogP contribution in [0.3, 0.4) is 0 Å². The van der Waals surface area contributed by atoms with E-state index in [1.165, 1.54) is 0 Å². The van der Waals surface area contributed by atoms with Gasteiger partial charge in [0.2, 0.25) is 0 Å². The van der Waals surface area contributed by atoms with Crippen molar-refractivity contribution in [3.63, 3.8) is 0 Å². The smallest absolute Gasteiger partial charge is 0.298 e. The molecule has 162 valence electrons. The van der Waals surface area contributed by atoms with E-state index >= 15 is 0 Å². The molecule has 0 aliphatic carbocycles. The molecule has 4 rings (SSSR count). The molecule has 0 spiro atoms. The Balaban J connectivity index is 0.00000272. The third-order valence-electron chi connectivity index (χ3n) is 4.81. The summed E-state index contributed by atoms with van der Waals surface area (Å²) in [5.41, 5.74) is 9.40. The van der Waals surface area contributed by atoms with Crippen molar-refractivity contribution in [3.05, 3.63) is 88.9 Å². The number of hydrogen-bond acceptors (Lipinski definition) is 5. The summed E-state index contributed by atoms with van der Waals surface area (Å²) in [6.45, 7) is 2.44. The lowest BCUT2D eigenvalue weighted by Crippen LogP contribution is -2.26. The van der Waals surface area contributed by atoms with Crippen molar-refractivity contribution in [2.24, 2.45) is 5.73 Å². The molecule has 0 bridgehead atoms. The van der Waals surface area contributed by atoms with Gasteiger partial charge in [0.05, 0.1) is 6.54 Å². The maximum absolute atomic E-state index is 6.12. The second-order valence-electron chi connectivity index (χ2n) is 7.05. The highest BCUT2D eigenvalue weighted by atomic mass is 35.5. The lowest BCUT2D eigenvalue weighted by molar-refractivity contribution is 0.302. The van der Waals surface area contributed by atoms with Crippen LogP contribution in [0.2, 0.25) is 5.02 Å². The summed E-state index contributed by atoms with van der Waals surface area (Å²) in [7, 11) is 0. The molecular weight excluding hydrogens is 433 g/mol. The summed E-state index contributed by atoms with van der Waals surface area (Å²) in [4.78, 5) is 6.73. The largest absolute Gasteiger partial charge is 0.489 e. The summed E-state index contributed by atoms with van der Waals surface area (Å²) in [6.07, 6.45) is 0.826. The van der Waals surface area contributed by atoms with E-state index in [0.717, 1.165) is 35.4 Å². The molecule has 7 heteroatoms. The third kappa shape index (κ3) is 5.91. The summed E-state index contributed by atoms with van der Waals surface area (Å²) in [5, 5.41) is 0.635. The van der Waals surface area contributed by atoms with E-state index in [1.807, 2.05) is 48.5 Å². The molecule has 0 saturated carbocycles. The zero-order valence-corrected chi connectivity index (χ0v) is 18.6. The predicted molar refractivity (Wildman–Crippen MR) is 128 cm³/mol. The Morgan fingerprint density at radius 1 is 1.00 bits per heavy atom. The first kappa shape index (κ1) is 22.9. The highest BCUT2D eigenvalue weighted by molar-refractivity contribution is 6.31. The number of nitrogens with zero attached hydrogens (tertiary/aromatic N) is 2. The second kappa shape index (κ2) is 11.0. The molecule has 0 amide bonds. The van der Waals surface area contributed by atoms with Gasteiger partial charge in [-0.15, -0.1) is 12.4 Å². The number of ether oxygens (including phenoxy) is 1. The van der Waals surface area contributed by atoms with Crippen LogP contribution < -0.4 is 15.4 Å². The van der Waals surface area contributed by atoms with E-state index in [4.69, 9.17) is 26.5 Å². The van der Waals surface area contributed by atoms with Gasteiger partial charge in [-0.1, -0.05) is 60.1 Å². The van der Waals surface area contributed by atoms with Crippen LogP contribution in [0.4, 0.5) is 6.01 Å². The van der Waals surface area contributed by atoms with Gasteiger partial charge in [-0.25, -0.2) is 0 Å². The quantitative estimate of drug-likeness (QED) is 0.342. The Labute approximate surface area is 193 Å². The zero-order chi connectivity index (χ0) is 20.8. The van der Waals surface area contributed by atoms with E-state index in [-0.39, 0.29) is 12.4 Å². The average Bonchev–Trinajstić information content (AvgIpc) is 3.19. The Hall–Kier alpha value is -2.73. The number of oxazole rings is 1. The molecule has 1 heterocycles. The number of anilines is 1. The lowest BCUT2D eigenvalue weighted by Gasteiger charge is -2.22. The zero-order valence-electron chi connectivity index (χ0n) is 17.0. The van der Waals surface area contributed by atoms with E-state index in [2.05, 4.69) is 28.1 Å². The summed E-state index contributed by atoms with van der Waals surface area (Å²) in [6, 6.07) is 24.2. The van der Waals surface area contributed by atoms with E-state index in [9.17, 15) is 0 Å². The van der Waals surface area contributed by atoms with Crippen molar-refractivity contribution in [3.8, 4) is 5.75 Å². The van der Waals surface area contributed by atoms with Gasteiger partial charge < -0.3 is 19.8 Å². The number of hydrogen-bond donors (Lipinski definition) is 1. The summed E-state index contributed by atoms with van der Waals surface area (Å²) < 4.78 is 12.1. The molecule has 3 aromatic carbocycles. The van der Waals surface area contributed by atoms with Crippen molar-refractivity contribution in [2.45, 2.75) is 19.6 Å². The van der Waals surface area contributed by atoms with Crippen LogP contribution in [-0.2, 0) is 13.2 Å². The van der Waals surface area contributed by atoms with Gasteiger partial charge in [-0.3, -0.25) is 0 Å². The average molecular weight is 458 g/mol. The van der Waals surface area contributed by atoms with Crippen LogP contribution >= 0.6 is 24.0 Å². The van der Waals surface area contributed by atoms with E-state index < -0.39 is 0 Å². The minimum absolute atomic E-state index is 0. The Kier molecular flexibility index (Phi) is 8.18. The fourth-order valence-corrected chi connectivity index (χ4v) is 3.43. The Morgan fingerprint density at radius 3 is 2.58 bits per heavy atom. The van der Waals surface area contributed by atoms with E-state index in [1.54, 1.807) is 6.07 Å². The Morgan fingerprint density at radius 2 is 1.77 bits per heavy atom. The van der Waals surface area contributed by atoms with Crippen molar-refractivity contribution in [1.29, 1.82) is 0 Å². The molecule has 0 aliphatic heterocycles. The van der Waals surface area contributed by atoms with Crippen LogP contribution in [0.1, 0.15) is 17.5 Å². The van der Waals surface area contributed by atoms with Crippen molar-refractivity contribution < 1.29 is 9.15 Å². The maximum atomic E-state index is 6.12. The number of rotatable bonds is 9. The number of nitrogens with two attached hydrogens (primary N) is 1. The van der Waals surface area contributed by atoms with Crippen LogP contribution in [0.25, 0.3) is 11.1 Å². The minimum atomic E-state index is 0. The summed E-state index contributed by atoms with van der Waals surface area (Å²) in [5.74, 6) is 0.846. The highest BCUT2D eigenvalue weighted by Crippen LogP contribution is 2.28. The molecule has 2 N–H and O–H groups in total. The van der Waals surface area contributed by atoms with E-state index in [0.29, 0.717) is 36.3 Å². The van der Waals surface area contributed by atoms with Crippen LogP contribution in [-0.4, -0.2) is 18.1 Å². The monoisotopic (exact) mass is 457 g/mol. The number of fused-ring (bicyclic) bond motifs is 1. The van der Waals surface area contributed by atoms with Gasteiger partial charge in [0, 0.05) is 17.1 Å². The standard InChI is InChI=1S/C24H24ClN3O2.ClH/c25-20-11-12-23-21(15-20)27-24(30-23)28(14-6-13-26)16-19-9-4-5-10-22(19)29-17-18-7-2-1-3-8-18;/h1-5,7-12,15H,6,13-14,16-17,26H2;1H. The van der Waals surface area contributed by atoms with Crippen LogP contribution in [0.15, 0.2) is 77.2 Å². The molecule has 0 fully saturated rings. The van der Waals surface area contributed by atoms with Crippen molar-refractivity contribution in [2.75, 3.05) is 18.0 Å². The SMILES string of the molecule is Cl.NCCCN(Cc1ccccc1OCc1ccccc1)c1nc2cc(Cl)ccc2o1. The fraction of sp³-hybridized carbons (Fsp3) is 0.208. The van der Waals surface area contributed by atoms with Crippen LogP contribution in [0, 0.1) is 0 Å². The second-order valence-corrected chi connectivity index (χ2v) is 7.49. The molecular formula is C24H25Cl2N3O2. The van der Waals surface area contributed by atoms with Gasteiger partial charge in [0.25, 0.3) is 6.01 Å². The topological polar surface area (TPSA) is 64.5 Å². The van der Waals surface area contributed by atoms with Crippen LogP contribution in [0.5, 0.6) is 5.75 Å². The van der Waals surface area contributed by atoms with Gasteiger partial charge in [0.15, 0.2) is 5.58 Å². The van der Waals surface area contributed by atoms with Crippen molar-refractivity contribution >= 4 is 41.1 Å². The molecule has 5 nitrogen and oxygen atoms in total. The number of para-hydroxylation sites is 1. The molecule has 31 heavy (non-hydrogen) atoms. The molecule has 0 saturated heterocycles.